The number of hydrogen-bond donors (Lipinski definition) is 0. The molecule has 0 saturated heterocycles. The van der Waals surface area contributed by atoms with Crippen molar-refractivity contribution < 1.29 is 0 Å². The summed E-state index contributed by atoms with van der Waals surface area (Å²) in [6.45, 7) is 1.98. The van der Waals surface area contributed by atoms with E-state index in [1.165, 1.54) is 11.8 Å². The van der Waals surface area contributed by atoms with Gasteiger partial charge in [0, 0.05) is 0 Å². The Kier molecular flexibility index (Phi) is 4.73. The molecule has 0 nitrogen and oxygen atoms in total. The molecule has 50 valence electrons. The maximum absolute atomic E-state index is 5.62. The van der Waals surface area contributed by atoms with Gasteiger partial charge in [0.25, 0.3) is 0 Å². The van der Waals surface area contributed by atoms with Crippen molar-refractivity contribution in [2.75, 3.05) is 11.6 Å². The summed E-state index contributed by atoms with van der Waals surface area (Å²) in [7, 11) is 0. The zero-order chi connectivity index (χ0) is 6.62. The molecule has 0 aliphatic rings. The van der Waals surface area contributed by atoms with Gasteiger partial charge < -0.3 is 0 Å². The molecule has 0 atom stereocenters. The van der Waals surface area contributed by atoms with Gasteiger partial charge in [0.15, 0.2) is 3.67 Å². The van der Waals surface area contributed by atoms with Crippen LogP contribution in [-0.2, 0) is 0 Å². The van der Waals surface area contributed by atoms with E-state index in [4.69, 9.17) is 34.8 Å². The van der Waals surface area contributed by atoms with Crippen molar-refractivity contribution in [1.82, 2.24) is 0 Å². The number of rotatable bonds is 3. The Hall–Kier alpha value is 1.22. The van der Waals surface area contributed by atoms with Gasteiger partial charge >= 0.3 is 0 Å². The fourth-order valence-electron chi connectivity index (χ4n) is 0.250. The third kappa shape index (κ3) is 4.13. The van der Waals surface area contributed by atoms with E-state index in [1.807, 2.05) is 6.92 Å². The van der Waals surface area contributed by atoms with Gasteiger partial charge in [-0.2, -0.15) is 0 Å². The molecule has 0 saturated carbocycles. The molecule has 0 spiro atoms. The van der Waals surface area contributed by atoms with Crippen molar-refractivity contribution in [2.24, 2.45) is 0 Å². The highest BCUT2D eigenvalue weighted by Gasteiger charge is 2.21. The fraction of sp³-hybridized carbons (Fsp3) is 1.00. The zero-order valence-corrected chi connectivity index (χ0v) is 7.54. The largest absolute Gasteiger partial charge is 0.176 e. The molecule has 0 rings (SSSR count). The lowest BCUT2D eigenvalue weighted by molar-refractivity contribution is 1.28. The van der Waals surface area contributed by atoms with Crippen LogP contribution in [0.3, 0.4) is 0 Å². The van der Waals surface area contributed by atoms with Gasteiger partial charge in [0.05, 0.1) is 5.88 Å². The number of hydrogen-bond acceptors (Lipinski definition) is 1. The summed E-state index contributed by atoms with van der Waals surface area (Å²) in [5.74, 6) is 1.16. The van der Waals surface area contributed by atoms with Gasteiger partial charge in [-0.15, -0.1) is 23.4 Å². The quantitative estimate of drug-likeness (QED) is 0.621. The van der Waals surface area contributed by atoms with Crippen molar-refractivity contribution in [2.45, 2.75) is 10.6 Å². The van der Waals surface area contributed by atoms with E-state index in [1.54, 1.807) is 0 Å². The molecule has 0 aliphatic carbocycles. The second kappa shape index (κ2) is 4.10. The summed E-state index contributed by atoms with van der Waals surface area (Å²) < 4.78 is -0.781. The Morgan fingerprint density at radius 2 is 2.00 bits per heavy atom. The van der Waals surface area contributed by atoms with Crippen LogP contribution in [0.4, 0.5) is 0 Å². The average molecular weight is 194 g/mol. The Morgan fingerprint density at radius 3 is 2.12 bits per heavy atom. The first kappa shape index (κ1) is 9.22. The highest BCUT2D eigenvalue weighted by atomic mass is 35.5. The summed E-state index contributed by atoms with van der Waals surface area (Å²) in [6, 6.07) is 0. The molecular formula is C4H7Cl3S. The molecular weight excluding hydrogens is 186 g/mol. The highest BCUT2D eigenvalue weighted by Crippen LogP contribution is 2.35. The van der Waals surface area contributed by atoms with Gasteiger partial charge in [0.2, 0.25) is 0 Å². The van der Waals surface area contributed by atoms with Gasteiger partial charge in [-0.3, -0.25) is 0 Å². The van der Waals surface area contributed by atoms with Crippen molar-refractivity contribution in [1.29, 1.82) is 0 Å². The van der Waals surface area contributed by atoms with Crippen molar-refractivity contribution in [3.8, 4) is 0 Å². The third-order valence-electron chi connectivity index (χ3n) is 0.511. The van der Waals surface area contributed by atoms with E-state index < -0.39 is 3.67 Å². The second-order valence-electron chi connectivity index (χ2n) is 1.20. The first-order valence-corrected chi connectivity index (χ1v) is 4.47. The van der Waals surface area contributed by atoms with Crippen LogP contribution in [0.15, 0.2) is 0 Å². The molecule has 0 heterocycles. The van der Waals surface area contributed by atoms with Crippen LogP contribution >= 0.6 is 46.6 Å². The topological polar surface area (TPSA) is 0 Å². The number of thioether (sulfide) groups is 1. The lowest BCUT2D eigenvalue weighted by Crippen LogP contribution is -2.08. The molecule has 0 aromatic carbocycles. The van der Waals surface area contributed by atoms with Crippen molar-refractivity contribution >= 4 is 46.6 Å². The predicted molar refractivity (Wildman–Crippen MR) is 43.3 cm³/mol. The Morgan fingerprint density at radius 1 is 1.50 bits per heavy atom. The minimum Gasteiger partial charge on any atom is -0.122 e. The lowest BCUT2D eigenvalue weighted by atomic mass is 10.9. The summed E-state index contributed by atoms with van der Waals surface area (Å²) >= 11 is 18.1. The molecule has 4 heteroatoms. The molecule has 8 heavy (non-hydrogen) atoms. The van der Waals surface area contributed by atoms with E-state index in [0.29, 0.717) is 0 Å². The molecule has 0 aromatic heterocycles. The van der Waals surface area contributed by atoms with E-state index >= 15 is 0 Å². The van der Waals surface area contributed by atoms with Gasteiger partial charge in [-0.25, -0.2) is 0 Å². The normalized spacial score (nSPS) is 12.0. The van der Waals surface area contributed by atoms with Crippen molar-refractivity contribution in [3.05, 3.63) is 0 Å². The van der Waals surface area contributed by atoms with Crippen LogP contribution < -0.4 is 0 Å². The minimum atomic E-state index is -0.781. The molecule has 0 radical (unpaired) electrons. The summed E-state index contributed by atoms with van der Waals surface area (Å²) in [5, 5.41) is 0. The molecule has 0 unspecified atom stereocenters. The summed E-state index contributed by atoms with van der Waals surface area (Å²) in [6.07, 6.45) is 0. The lowest BCUT2D eigenvalue weighted by Gasteiger charge is -2.12. The van der Waals surface area contributed by atoms with E-state index in [2.05, 4.69) is 0 Å². The van der Waals surface area contributed by atoms with Crippen LogP contribution in [-0.4, -0.2) is 15.3 Å². The monoisotopic (exact) mass is 192 g/mol. The Balaban J connectivity index is 3.37. The maximum Gasteiger partial charge on any atom is 0.176 e. The minimum absolute atomic E-state index is 0.272. The number of halogens is 3. The van der Waals surface area contributed by atoms with E-state index in [9.17, 15) is 0 Å². The van der Waals surface area contributed by atoms with Crippen LogP contribution in [0.1, 0.15) is 6.92 Å². The standard InChI is InChI=1S/C4H7Cl3S/c1-2-8-4(6,7)3-5/h2-3H2,1H3. The Labute approximate surface area is 68.9 Å². The van der Waals surface area contributed by atoms with Gasteiger partial charge in [0.1, 0.15) is 0 Å². The number of alkyl halides is 3. The predicted octanol–water partition coefficient (Wildman–Crippen LogP) is 3.11. The SMILES string of the molecule is CCSC(Cl)(Cl)CCl. The zero-order valence-electron chi connectivity index (χ0n) is 4.46. The van der Waals surface area contributed by atoms with Gasteiger partial charge in [-0.1, -0.05) is 30.1 Å². The van der Waals surface area contributed by atoms with Gasteiger partial charge in [-0.05, 0) is 5.75 Å². The smallest absolute Gasteiger partial charge is 0.122 e. The Bertz CT molecular complexity index is 64.3. The molecule has 0 aromatic rings. The molecule has 0 fully saturated rings. The van der Waals surface area contributed by atoms with Crippen LogP contribution in [0.5, 0.6) is 0 Å². The first-order valence-electron chi connectivity index (χ1n) is 2.20. The van der Waals surface area contributed by atoms with Crippen molar-refractivity contribution in [3.63, 3.8) is 0 Å². The summed E-state index contributed by atoms with van der Waals surface area (Å²) in [5.41, 5.74) is 0. The second-order valence-corrected chi connectivity index (χ2v) is 4.97. The van der Waals surface area contributed by atoms with E-state index in [-0.39, 0.29) is 5.88 Å². The third-order valence-corrected chi connectivity index (χ3v) is 3.12. The first-order chi connectivity index (χ1) is 3.62. The van der Waals surface area contributed by atoms with E-state index in [0.717, 1.165) is 5.75 Å². The molecule has 0 aliphatic heterocycles. The molecule has 0 bridgehead atoms. The van der Waals surface area contributed by atoms with Crippen LogP contribution in [0.25, 0.3) is 0 Å². The summed E-state index contributed by atoms with van der Waals surface area (Å²) in [4.78, 5) is 0. The fourth-order valence-corrected chi connectivity index (χ4v) is 1.64. The maximum atomic E-state index is 5.62. The molecule has 0 amide bonds. The molecule has 0 N–H and O–H groups in total. The van der Waals surface area contributed by atoms with Crippen LogP contribution in [0, 0.1) is 0 Å². The van der Waals surface area contributed by atoms with Crippen LogP contribution in [0.2, 0.25) is 0 Å². The average Bonchev–Trinajstić information content (AvgIpc) is 1.67. The highest BCUT2D eigenvalue weighted by molar-refractivity contribution is 8.03.